The highest BCUT2D eigenvalue weighted by atomic mass is 32.2. The third-order valence-corrected chi connectivity index (χ3v) is 7.23. The SMILES string of the molecule is C#C[C@H](NC(=O)[C@@H]1CCCN(S(=O)(=O)c2ccccc2)C1)C1CCOCC1. The lowest BCUT2D eigenvalue weighted by Crippen LogP contribution is -2.49. The van der Waals surface area contributed by atoms with E-state index in [0.29, 0.717) is 32.6 Å². The summed E-state index contributed by atoms with van der Waals surface area (Å²) < 4.78 is 32.4. The van der Waals surface area contributed by atoms with Gasteiger partial charge in [-0.1, -0.05) is 24.1 Å². The van der Waals surface area contributed by atoms with Crippen LogP contribution in [0.25, 0.3) is 0 Å². The van der Waals surface area contributed by atoms with Gasteiger partial charge in [0.15, 0.2) is 0 Å². The highest BCUT2D eigenvalue weighted by Gasteiger charge is 2.34. The standard InChI is InChI=1S/C20H26N2O4S/c1-2-19(16-10-13-26-14-11-16)21-20(23)17-7-6-12-22(15-17)27(24,25)18-8-4-3-5-9-18/h1,3-5,8-9,16-17,19H,6-7,10-15H2,(H,21,23)/t17-,19+/m1/s1. The fourth-order valence-corrected chi connectivity index (χ4v) is 5.28. The lowest BCUT2D eigenvalue weighted by atomic mass is 9.91. The van der Waals surface area contributed by atoms with Crippen LogP contribution in [0.2, 0.25) is 0 Å². The number of hydrogen-bond acceptors (Lipinski definition) is 4. The molecule has 3 rings (SSSR count). The van der Waals surface area contributed by atoms with Gasteiger partial charge >= 0.3 is 0 Å². The second-order valence-electron chi connectivity index (χ2n) is 7.12. The van der Waals surface area contributed by atoms with E-state index in [9.17, 15) is 13.2 Å². The Kier molecular flexibility index (Phi) is 6.53. The number of piperidine rings is 1. The number of amides is 1. The molecule has 7 heteroatoms. The van der Waals surface area contributed by atoms with Crippen LogP contribution in [0.4, 0.5) is 0 Å². The molecule has 146 valence electrons. The summed E-state index contributed by atoms with van der Waals surface area (Å²) in [7, 11) is -3.59. The van der Waals surface area contributed by atoms with Crippen LogP contribution in [0.15, 0.2) is 35.2 Å². The number of nitrogens with one attached hydrogen (secondary N) is 1. The summed E-state index contributed by atoms with van der Waals surface area (Å²) in [4.78, 5) is 13.0. The van der Waals surface area contributed by atoms with Crippen molar-refractivity contribution in [2.24, 2.45) is 11.8 Å². The van der Waals surface area contributed by atoms with Crippen molar-refractivity contribution in [3.8, 4) is 12.3 Å². The Hall–Kier alpha value is -1.88. The summed E-state index contributed by atoms with van der Waals surface area (Å²) in [5, 5.41) is 2.97. The predicted octanol–water partition coefficient (Wildman–Crippen LogP) is 1.63. The number of benzene rings is 1. The summed E-state index contributed by atoms with van der Waals surface area (Å²) >= 11 is 0. The van der Waals surface area contributed by atoms with Crippen molar-refractivity contribution in [1.82, 2.24) is 9.62 Å². The van der Waals surface area contributed by atoms with Gasteiger partial charge in [-0.15, -0.1) is 6.42 Å². The van der Waals surface area contributed by atoms with Crippen LogP contribution in [0.5, 0.6) is 0 Å². The molecule has 0 aliphatic carbocycles. The predicted molar refractivity (Wildman–Crippen MR) is 102 cm³/mol. The molecule has 1 amide bonds. The average molecular weight is 391 g/mol. The summed E-state index contributed by atoms with van der Waals surface area (Å²) in [6.07, 6.45) is 8.62. The number of terminal acetylenes is 1. The van der Waals surface area contributed by atoms with Crippen LogP contribution in [0.1, 0.15) is 25.7 Å². The Balaban J connectivity index is 1.65. The smallest absolute Gasteiger partial charge is 0.243 e. The molecule has 0 unspecified atom stereocenters. The van der Waals surface area contributed by atoms with Gasteiger partial charge in [0.25, 0.3) is 0 Å². The molecular weight excluding hydrogens is 364 g/mol. The minimum Gasteiger partial charge on any atom is -0.381 e. The lowest BCUT2D eigenvalue weighted by Gasteiger charge is -2.33. The molecule has 0 aromatic heterocycles. The molecule has 2 heterocycles. The first-order valence-corrected chi connectivity index (χ1v) is 10.9. The highest BCUT2D eigenvalue weighted by molar-refractivity contribution is 7.89. The van der Waals surface area contributed by atoms with E-state index in [4.69, 9.17) is 11.2 Å². The van der Waals surface area contributed by atoms with Crippen molar-refractivity contribution in [3.63, 3.8) is 0 Å². The maximum Gasteiger partial charge on any atom is 0.243 e. The van der Waals surface area contributed by atoms with Gasteiger partial charge in [0.1, 0.15) is 0 Å². The van der Waals surface area contributed by atoms with E-state index in [-0.39, 0.29) is 35.2 Å². The average Bonchev–Trinajstić information content (AvgIpc) is 2.73. The molecule has 2 saturated heterocycles. The van der Waals surface area contributed by atoms with Gasteiger partial charge in [0.05, 0.1) is 16.9 Å². The third-order valence-electron chi connectivity index (χ3n) is 5.35. The minimum atomic E-state index is -3.59. The number of sulfonamides is 1. The molecule has 2 aliphatic heterocycles. The second-order valence-corrected chi connectivity index (χ2v) is 9.06. The van der Waals surface area contributed by atoms with Crippen LogP contribution >= 0.6 is 0 Å². The second kappa shape index (κ2) is 8.87. The van der Waals surface area contributed by atoms with Gasteiger partial charge < -0.3 is 10.1 Å². The number of nitrogens with zero attached hydrogens (tertiary/aromatic N) is 1. The van der Waals surface area contributed by atoms with Crippen molar-refractivity contribution in [1.29, 1.82) is 0 Å². The van der Waals surface area contributed by atoms with Crippen LogP contribution in [-0.4, -0.2) is 51.0 Å². The van der Waals surface area contributed by atoms with Gasteiger partial charge in [0, 0.05) is 26.3 Å². The highest BCUT2D eigenvalue weighted by Crippen LogP contribution is 2.25. The van der Waals surface area contributed by atoms with Crippen molar-refractivity contribution in [3.05, 3.63) is 30.3 Å². The number of ether oxygens (including phenoxy) is 1. The Labute approximate surface area is 161 Å². The molecule has 27 heavy (non-hydrogen) atoms. The Morgan fingerprint density at radius 1 is 1.22 bits per heavy atom. The van der Waals surface area contributed by atoms with Crippen LogP contribution < -0.4 is 5.32 Å². The zero-order valence-corrected chi connectivity index (χ0v) is 16.2. The molecule has 0 saturated carbocycles. The Morgan fingerprint density at radius 3 is 2.59 bits per heavy atom. The number of rotatable bonds is 5. The molecule has 0 bridgehead atoms. The topological polar surface area (TPSA) is 75.7 Å². The van der Waals surface area contributed by atoms with E-state index in [1.807, 2.05) is 0 Å². The summed E-state index contributed by atoms with van der Waals surface area (Å²) in [5.74, 6) is 2.36. The minimum absolute atomic E-state index is 0.155. The summed E-state index contributed by atoms with van der Waals surface area (Å²) in [5.41, 5.74) is 0. The van der Waals surface area contributed by atoms with Crippen molar-refractivity contribution >= 4 is 15.9 Å². The fraction of sp³-hybridized carbons (Fsp3) is 0.550. The normalized spacial score (nSPS) is 23.3. The Bertz CT molecular complexity index is 782. The molecule has 2 fully saturated rings. The van der Waals surface area contributed by atoms with Crippen molar-refractivity contribution < 1.29 is 17.9 Å². The monoisotopic (exact) mass is 390 g/mol. The third kappa shape index (κ3) is 4.70. The van der Waals surface area contributed by atoms with Crippen LogP contribution in [0.3, 0.4) is 0 Å². The maximum atomic E-state index is 12.8. The Morgan fingerprint density at radius 2 is 1.93 bits per heavy atom. The van der Waals surface area contributed by atoms with E-state index < -0.39 is 10.0 Å². The van der Waals surface area contributed by atoms with Gasteiger partial charge in [-0.2, -0.15) is 4.31 Å². The maximum absolute atomic E-state index is 12.8. The summed E-state index contributed by atoms with van der Waals surface area (Å²) in [6, 6.07) is 8.01. The molecule has 0 spiro atoms. The van der Waals surface area contributed by atoms with Crippen molar-refractivity contribution in [2.75, 3.05) is 26.3 Å². The largest absolute Gasteiger partial charge is 0.381 e. The summed E-state index contributed by atoms with van der Waals surface area (Å²) in [6.45, 7) is 1.93. The first kappa shape index (κ1) is 19.9. The first-order valence-electron chi connectivity index (χ1n) is 9.42. The molecule has 2 aliphatic rings. The molecule has 6 nitrogen and oxygen atoms in total. The zero-order chi connectivity index (χ0) is 19.3. The molecule has 1 N–H and O–H groups in total. The molecule has 1 aromatic carbocycles. The van der Waals surface area contributed by atoms with E-state index in [2.05, 4.69) is 11.2 Å². The number of hydrogen-bond donors (Lipinski definition) is 1. The molecule has 1 aromatic rings. The van der Waals surface area contributed by atoms with E-state index in [1.54, 1.807) is 30.3 Å². The number of carbonyl (C=O) groups excluding carboxylic acids is 1. The lowest BCUT2D eigenvalue weighted by molar-refractivity contribution is -0.127. The van der Waals surface area contributed by atoms with Crippen molar-refractivity contribution in [2.45, 2.75) is 36.6 Å². The van der Waals surface area contributed by atoms with E-state index in [1.165, 1.54) is 4.31 Å². The van der Waals surface area contributed by atoms with Crippen LogP contribution in [-0.2, 0) is 19.6 Å². The van der Waals surface area contributed by atoms with Gasteiger partial charge in [0.2, 0.25) is 15.9 Å². The van der Waals surface area contributed by atoms with E-state index >= 15 is 0 Å². The van der Waals surface area contributed by atoms with Crippen LogP contribution in [0, 0.1) is 24.2 Å². The fourth-order valence-electron chi connectivity index (χ4n) is 3.73. The molecule has 2 atom stereocenters. The van der Waals surface area contributed by atoms with Gasteiger partial charge in [-0.25, -0.2) is 8.42 Å². The van der Waals surface area contributed by atoms with E-state index in [0.717, 1.165) is 12.8 Å². The number of carbonyl (C=O) groups is 1. The first-order chi connectivity index (χ1) is 13.0. The molecular formula is C20H26N2O4S. The molecule has 0 radical (unpaired) electrons. The quantitative estimate of drug-likeness (QED) is 0.776. The van der Waals surface area contributed by atoms with Gasteiger partial charge in [-0.3, -0.25) is 4.79 Å². The van der Waals surface area contributed by atoms with Gasteiger partial charge in [-0.05, 0) is 43.7 Å². The zero-order valence-electron chi connectivity index (χ0n) is 15.3.